The largest absolute Gasteiger partial charge is 0.345 e. The zero-order chi connectivity index (χ0) is 14.0. The number of halogens is 1. The maximum Gasteiger partial charge on any atom is 0.175 e. The lowest BCUT2D eigenvalue weighted by atomic mass is 9.75. The van der Waals surface area contributed by atoms with Gasteiger partial charge in [-0.05, 0) is 43.8 Å². The monoisotopic (exact) mass is 261 g/mol. The van der Waals surface area contributed by atoms with Gasteiger partial charge >= 0.3 is 0 Å². The quantitative estimate of drug-likeness (QED) is 0.530. The molecule has 2 heteroatoms. The molecule has 1 heterocycles. The Morgan fingerprint density at radius 1 is 1.53 bits per heavy atom. The first kappa shape index (κ1) is 14.2. The predicted octanol–water partition coefficient (Wildman–Crippen LogP) is 4.28. The second-order valence-corrected chi connectivity index (χ2v) is 5.95. The molecular formula is C17H24FN. The molecule has 2 atom stereocenters. The molecule has 104 valence electrons. The van der Waals surface area contributed by atoms with Crippen LogP contribution in [0.3, 0.4) is 0 Å². The van der Waals surface area contributed by atoms with Gasteiger partial charge in [0.15, 0.2) is 6.30 Å². The third-order valence-corrected chi connectivity index (χ3v) is 4.66. The van der Waals surface area contributed by atoms with Gasteiger partial charge in [0.25, 0.3) is 0 Å². The standard InChI is InChI=1S/C17H24FN/c1-5-6-10-16-15(13(3)14-8-7-9-14)11-12(2)17(18)19(16)4/h1,10,12,14,17H,6-9,11H2,2-4H3/b15-13+,16-10?/t12-,17-/m1/s1. The van der Waals surface area contributed by atoms with Crippen LogP contribution in [0.4, 0.5) is 4.39 Å². The van der Waals surface area contributed by atoms with Crippen LogP contribution in [0.1, 0.15) is 46.0 Å². The molecule has 1 aliphatic carbocycles. The fourth-order valence-electron chi connectivity index (χ4n) is 3.12. The molecule has 0 radical (unpaired) electrons. The number of likely N-dealkylation sites (tertiary alicyclic amines) is 1. The lowest BCUT2D eigenvalue weighted by Gasteiger charge is -2.40. The number of terminal acetylenes is 1. The molecule has 0 aromatic heterocycles. The Morgan fingerprint density at radius 3 is 2.74 bits per heavy atom. The summed E-state index contributed by atoms with van der Waals surface area (Å²) in [5.74, 6) is 3.39. The van der Waals surface area contributed by atoms with E-state index in [1.54, 1.807) is 4.90 Å². The van der Waals surface area contributed by atoms with E-state index < -0.39 is 6.30 Å². The third-order valence-electron chi connectivity index (χ3n) is 4.66. The Balaban J connectivity index is 2.34. The predicted molar refractivity (Wildman–Crippen MR) is 78.0 cm³/mol. The number of likely N-dealkylation sites (N-methyl/N-ethyl adjacent to an activating group) is 1. The summed E-state index contributed by atoms with van der Waals surface area (Å²) in [7, 11) is 1.84. The van der Waals surface area contributed by atoms with Crippen molar-refractivity contribution in [2.24, 2.45) is 11.8 Å². The summed E-state index contributed by atoms with van der Waals surface area (Å²) in [5.41, 5.74) is 3.82. The highest BCUT2D eigenvalue weighted by Crippen LogP contribution is 2.42. The van der Waals surface area contributed by atoms with Crippen LogP contribution in [0.5, 0.6) is 0 Å². The molecule has 1 aliphatic heterocycles. The van der Waals surface area contributed by atoms with Gasteiger partial charge in [-0.15, -0.1) is 12.3 Å². The van der Waals surface area contributed by atoms with E-state index in [9.17, 15) is 4.39 Å². The number of allylic oxidation sites excluding steroid dienone is 3. The van der Waals surface area contributed by atoms with E-state index in [0.717, 1.165) is 12.1 Å². The Hall–Kier alpha value is -1.23. The van der Waals surface area contributed by atoms with Gasteiger partial charge in [-0.2, -0.15) is 0 Å². The van der Waals surface area contributed by atoms with Crippen molar-refractivity contribution in [2.45, 2.75) is 52.2 Å². The first-order valence-electron chi connectivity index (χ1n) is 7.26. The Bertz CT molecular complexity index is 437. The number of piperidine rings is 1. The second-order valence-electron chi connectivity index (χ2n) is 5.95. The van der Waals surface area contributed by atoms with Crippen molar-refractivity contribution < 1.29 is 4.39 Å². The number of nitrogens with zero attached hydrogens (tertiary/aromatic N) is 1. The van der Waals surface area contributed by atoms with E-state index in [0.29, 0.717) is 12.3 Å². The minimum absolute atomic E-state index is 0.0537. The topological polar surface area (TPSA) is 3.24 Å². The molecule has 0 aromatic carbocycles. The number of rotatable bonds is 2. The van der Waals surface area contributed by atoms with E-state index >= 15 is 0 Å². The van der Waals surface area contributed by atoms with Gasteiger partial charge in [-0.1, -0.05) is 18.9 Å². The molecule has 19 heavy (non-hydrogen) atoms. The average Bonchev–Trinajstić information content (AvgIpc) is 2.32. The van der Waals surface area contributed by atoms with Crippen LogP contribution in [-0.2, 0) is 0 Å². The molecule has 1 saturated heterocycles. The van der Waals surface area contributed by atoms with Gasteiger partial charge in [0.2, 0.25) is 0 Å². The zero-order valence-corrected chi connectivity index (χ0v) is 12.2. The highest BCUT2D eigenvalue weighted by molar-refractivity contribution is 5.38. The van der Waals surface area contributed by atoms with Crippen molar-refractivity contribution in [3.05, 3.63) is 22.9 Å². The molecular weight excluding hydrogens is 237 g/mol. The normalized spacial score (nSPS) is 33.0. The van der Waals surface area contributed by atoms with Crippen molar-refractivity contribution in [3.8, 4) is 12.3 Å². The van der Waals surface area contributed by atoms with Crippen LogP contribution in [0.15, 0.2) is 22.9 Å². The summed E-state index contributed by atoms with van der Waals surface area (Å²) in [6.07, 6.45) is 11.8. The summed E-state index contributed by atoms with van der Waals surface area (Å²) in [5, 5.41) is 0. The van der Waals surface area contributed by atoms with Crippen LogP contribution in [0, 0.1) is 24.2 Å². The van der Waals surface area contributed by atoms with E-state index in [2.05, 4.69) is 12.8 Å². The fraction of sp³-hybridized carbons (Fsp3) is 0.647. The van der Waals surface area contributed by atoms with Gasteiger partial charge < -0.3 is 4.90 Å². The molecule has 2 fully saturated rings. The highest BCUT2D eigenvalue weighted by Gasteiger charge is 2.34. The first-order valence-corrected chi connectivity index (χ1v) is 7.26. The van der Waals surface area contributed by atoms with Gasteiger partial charge in [0.1, 0.15) is 0 Å². The van der Waals surface area contributed by atoms with Crippen LogP contribution >= 0.6 is 0 Å². The summed E-state index contributed by atoms with van der Waals surface area (Å²) < 4.78 is 14.2. The number of hydrogen-bond acceptors (Lipinski definition) is 1. The van der Waals surface area contributed by atoms with Crippen molar-refractivity contribution in [2.75, 3.05) is 7.05 Å². The van der Waals surface area contributed by atoms with Crippen LogP contribution in [0.2, 0.25) is 0 Å². The van der Waals surface area contributed by atoms with Crippen LogP contribution < -0.4 is 0 Å². The van der Waals surface area contributed by atoms with Crippen LogP contribution in [-0.4, -0.2) is 18.2 Å². The summed E-state index contributed by atoms with van der Waals surface area (Å²) in [6.45, 7) is 4.22. The average molecular weight is 261 g/mol. The van der Waals surface area contributed by atoms with Gasteiger partial charge in [-0.3, -0.25) is 0 Å². The molecule has 0 aromatic rings. The molecule has 0 bridgehead atoms. The number of hydrogen-bond donors (Lipinski definition) is 0. The fourth-order valence-corrected chi connectivity index (χ4v) is 3.12. The maximum atomic E-state index is 14.2. The molecule has 2 aliphatic rings. The Morgan fingerprint density at radius 2 is 2.21 bits per heavy atom. The highest BCUT2D eigenvalue weighted by atomic mass is 19.1. The first-order chi connectivity index (χ1) is 9.06. The van der Waals surface area contributed by atoms with Gasteiger partial charge in [0, 0.05) is 25.1 Å². The molecule has 0 N–H and O–H groups in total. The SMILES string of the molecule is C#CCC=C1/C(=C(\C)C2CCC2)C[C@@H](C)[C@H](F)N1C. The molecule has 0 amide bonds. The minimum Gasteiger partial charge on any atom is -0.345 e. The molecule has 0 spiro atoms. The third kappa shape index (κ3) is 2.71. The lowest BCUT2D eigenvalue weighted by molar-refractivity contribution is 0.0716. The molecule has 1 saturated carbocycles. The Kier molecular flexibility index (Phi) is 4.34. The smallest absolute Gasteiger partial charge is 0.175 e. The summed E-state index contributed by atoms with van der Waals surface area (Å²) >= 11 is 0. The van der Waals surface area contributed by atoms with Crippen molar-refractivity contribution >= 4 is 0 Å². The van der Waals surface area contributed by atoms with E-state index in [4.69, 9.17) is 6.42 Å². The van der Waals surface area contributed by atoms with Crippen LogP contribution in [0.25, 0.3) is 0 Å². The minimum atomic E-state index is -0.901. The van der Waals surface area contributed by atoms with Crippen molar-refractivity contribution in [3.63, 3.8) is 0 Å². The maximum absolute atomic E-state index is 14.2. The lowest BCUT2D eigenvalue weighted by Crippen LogP contribution is -2.39. The molecule has 0 unspecified atom stereocenters. The molecule has 1 nitrogen and oxygen atoms in total. The van der Waals surface area contributed by atoms with Crippen molar-refractivity contribution in [1.29, 1.82) is 0 Å². The van der Waals surface area contributed by atoms with Gasteiger partial charge in [-0.25, -0.2) is 4.39 Å². The molecule has 2 rings (SSSR count). The van der Waals surface area contributed by atoms with E-state index in [1.165, 1.54) is 30.4 Å². The second kappa shape index (κ2) is 5.82. The Labute approximate surface area is 116 Å². The number of alkyl halides is 1. The van der Waals surface area contributed by atoms with Crippen molar-refractivity contribution in [1.82, 2.24) is 4.90 Å². The van der Waals surface area contributed by atoms with E-state index in [1.807, 2.05) is 20.0 Å². The summed E-state index contributed by atoms with van der Waals surface area (Å²) in [4.78, 5) is 1.77. The zero-order valence-electron chi connectivity index (χ0n) is 12.2. The van der Waals surface area contributed by atoms with E-state index in [-0.39, 0.29) is 5.92 Å². The van der Waals surface area contributed by atoms with Gasteiger partial charge in [0.05, 0.1) is 0 Å². The summed E-state index contributed by atoms with van der Waals surface area (Å²) in [6, 6.07) is 0.